The van der Waals surface area contributed by atoms with E-state index in [2.05, 4.69) is 0 Å². The first kappa shape index (κ1) is 11.9. The maximum atomic E-state index is 11.1. The molecule has 0 aromatic heterocycles. The molecule has 0 bridgehead atoms. The summed E-state index contributed by atoms with van der Waals surface area (Å²) in [6, 6.07) is 9.72. The summed E-state index contributed by atoms with van der Waals surface area (Å²) >= 11 is 0. The predicted molar refractivity (Wildman–Crippen MR) is 57.4 cm³/mol. The summed E-state index contributed by atoms with van der Waals surface area (Å²) in [5.41, 5.74) is 1.03. The highest BCUT2D eigenvalue weighted by Gasteiger charge is 2.17. The Morgan fingerprint density at radius 3 is 2.33 bits per heavy atom. The second-order valence-corrected chi connectivity index (χ2v) is 3.37. The van der Waals surface area contributed by atoms with E-state index in [9.17, 15) is 4.79 Å². The quantitative estimate of drug-likeness (QED) is 0.697. The maximum Gasteiger partial charge on any atom is 0.217 e. The molecule has 0 aliphatic heterocycles. The van der Waals surface area contributed by atoms with Crippen LogP contribution in [0.15, 0.2) is 30.3 Å². The van der Waals surface area contributed by atoms with Gasteiger partial charge in [0.2, 0.25) is 6.29 Å². The zero-order chi connectivity index (χ0) is 11.3. The summed E-state index contributed by atoms with van der Waals surface area (Å²) in [5.74, 6) is -0.125. The van der Waals surface area contributed by atoms with Gasteiger partial charge in [-0.3, -0.25) is 4.79 Å². The largest absolute Gasteiger partial charge is 0.349 e. The van der Waals surface area contributed by atoms with Gasteiger partial charge in [0.1, 0.15) is 0 Å². The first-order valence-electron chi connectivity index (χ1n) is 4.88. The van der Waals surface area contributed by atoms with E-state index < -0.39 is 6.29 Å². The molecule has 0 N–H and O–H groups in total. The van der Waals surface area contributed by atoms with Crippen molar-refractivity contribution in [2.75, 3.05) is 7.11 Å². The SMILES string of the molecule is COC(O[C@@H](C)c1ccccc1)C(C)=O. The van der Waals surface area contributed by atoms with Gasteiger partial charge in [0, 0.05) is 7.11 Å². The van der Waals surface area contributed by atoms with Crippen molar-refractivity contribution in [2.24, 2.45) is 0 Å². The maximum absolute atomic E-state index is 11.1. The number of ketones is 1. The van der Waals surface area contributed by atoms with Crippen LogP contribution in [0.2, 0.25) is 0 Å². The molecule has 0 saturated carbocycles. The van der Waals surface area contributed by atoms with Gasteiger partial charge in [-0.25, -0.2) is 0 Å². The summed E-state index contributed by atoms with van der Waals surface area (Å²) in [6.07, 6.45) is -0.930. The Morgan fingerprint density at radius 2 is 1.87 bits per heavy atom. The second-order valence-electron chi connectivity index (χ2n) is 3.37. The third-order valence-corrected chi connectivity index (χ3v) is 2.14. The van der Waals surface area contributed by atoms with Gasteiger partial charge in [-0.15, -0.1) is 0 Å². The Balaban J connectivity index is 2.62. The molecule has 0 fully saturated rings. The fraction of sp³-hybridized carbons (Fsp3) is 0.417. The third-order valence-electron chi connectivity index (χ3n) is 2.14. The average Bonchev–Trinajstić information content (AvgIpc) is 2.26. The molecule has 3 heteroatoms. The molecule has 82 valence electrons. The zero-order valence-electron chi connectivity index (χ0n) is 9.27. The third kappa shape index (κ3) is 3.46. The molecule has 0 aliphatic rings. The van der Waals surface area contributed by atoms with E-state index in [4.69, 9.17) is 9.47 Å². The minimum Gasteiger partial charge on any atom is -0.349 e. The molecule has 15 heavy (non-hydrogen) atoms. The van der Waals surface area contributed by atoms with E-state index in [-0.39, 0.29) is 11.9 Å². The molecule has 0 heterocycles. The fourth-order valence-electron chi connectivity index (χ4n) is 1.31. The lowest BCUT2D eigenvalue weighted by atomic mass is 10.1. The highest BCUT2D eigenvalue weighted by molar-refractivity contribution is 5.79. The Hall–Kier alpha value is -1.19. The van der Waals surface area contributed by atoms with Crippen molar-refractivity contribution >= 4 is 5.78 Å². The van der Waals surface area contributed by atoms with E-state index in [1.54, 1.807) is 0 Å². The molecule has 1 aromatic rings. The van der Waals surface area contributed by atoms with Crippen LogP contribution in [-0.2, 0) is 14.3 Å². The lowest BCUT2D eigenvalue weighted by Gasteiger charge is -2.19. The number of carbonyl (C=O) groups excluding carboxylic acids is 1. The first-order chi connectivity index (χ1) is 7.15. The Kier molecular flexibility index (Phi) is 4.46. The van der Waals surface area contributed by atoms with Crippen molar-refractivity contribution in [1.29, 1.82) is 0 Å². The van der Waals surface area contributed by atoms with Crippen molar-refractivity contribution in [3.05, 3.63) is 35.9 Å². The van der Waals surface area contributed by atoms with Crippen molar-refractivity contribution < 1.29 is 14.3 Å². The van der Waals surface area contributed by atoms with Crippen molar-refractivity contribution in [3.63, 3.8) is 0 Å². The normalized spacial score (nSPS) is 14.6. The molecule has 0 radical (unpaired) electrons. The molecule has 2 atom stereocenters. The highest BCUT2D eigenvalue weighted by Crippen LogP contribution is 2.18. The number of hydrogen-bond donors (Lipinski definition) is 0. The number of rotatable bonds is 5. The lowest BCUT2D eigenvalue weighted by Crippen LogP contribution is -2.25. The van der Waals surface area contributed by atoms with Crippen LogP contribution in [0.1, 0.15) is 25.5 Å². The fourth-order valence-corrected chi connectivity index (χ4v) is 1.31. The summed E-state index contributed by atoms with van der Waals surface area (Å²) < 4.78 is 10.4. The smallest absolute Gasteiger partial charge is 0.217 e. The predicted octanol–water partition coefficient (Wildman–Crippen LogP) is 2.33. The zero-order valence-corrected chi connectivity index (χ0v) is 9.27. The van der Waals surface area contributed by atoms with Crippen LogP contribution in [0.3, 0.4) is 0 Å². The van der Waals surface area contributed by atoms with E-state index in [0.29, 0.717) is 0 Å². The molecule has 1 rings (SSSR count). The van der Waals surface area contributed by atoms with Gasteiger partial charge in [-0.1, -0.05) is 30.3 Å². The lowest BCUT2D eigenvalue weighted by molar-refractivity contribution is -0.172. The van der Waals surface area contributed by atoms with Crippen molar-refractivity contribution in [3.8, 4) is 0 Å². The second kappa shape index (κ2) is 5.63. The van der Waals surface area contributed by atoms with Gasteiger partial charge >= 0.3 is 0 Å². The van der Waals surface area contributed by atoms with Crippen molar-refractivity contribution in [2.45, 2.75) is 26.2 Å². The van der Waals surface area contributed by atoms with E-state index in [1.807, 2.05) is 37.3 Å². The first-order valence-corrected chi connectivity index (χ1v) is 4.88. The van der Waals surface area contributed by atoms with Gasteiger partial charge in [-0.05, 0) is 19.4 Å². The minimum absolute atomic E-state index is 0.125. The van der Waals surface area contributed by atoms with Crippen LogP contribution in [0.5, 0.6) is 0 Å². The number of Topliss-reactive ketones (excluding diaryl/α,β-unsaturated/α-hetero) is 1. The molecule has 1 unspecified atom stereocenters. The van der Waals surface area contributed by atoms with Crippen LogP contribution < -0.4 is 0 Å². The molecule has 0 aliphatic carbocycles. The summed E-state index contributed by atoms with van der Waals surface area (Å²) in [7, 11) is 1.46. The number of benzene rings is 1. The van der Waals surface area contributed by atoms with Gasteiger partial charge in [0.05, 0.1) is 6.10 Å². The molecular formula is C12H16O3. The minimum atomic E-state index is -0.778. The Bertz CT molecular complexity index is 308. The molecule has 0 saturated heterocycles. The van der Waals surface area contributed by atoms with Crippen LogP contribution in [0.25, 0.3) is 0 Å². The summed E-state index contributed by atoms with van der Waals surface area (Å²) in [4.78, 5) is 11.1. The Morgan fingerprint density at radius 1 is 1.27 bits per heavy atom. The molecule has 1 aromatic carbocycles. The number of hydrogen-bond acceptors (Lipinski definition) is 3. The van der Waals surface area contributed by atoms with Crippen LogP contribution in [0.4, 0.5) is 0 Å². The monoisotopic (exact) mass is 208 g/mol. The van der Waals surface area contributed by atoms with Gasteiger partial charge in [-0.2, -0.15) is 0 Å². The standard InChI is InChI=1S/C12H16O3/c1-9(13)12(14-3)15-10(2)11-7-5-4-6-8-11/h4-8,10,12H,1-3H3/t10-,12?/m0/s1. The van der Waals surface area contributed by atoms with Crippen molar-refractivity contribution in [1.82, 2.24) is 0 Å². The van der Waals surface area contributed by atoms with Crippen LogP contribution in [-0.4, -0.2) is 19.2 Å². The molecule has 0 spiro atoms. The van der Waals surface area contributed by atoms with Gasteiger partial charge in [0.15, 0.2) is 5.78 Å². The number of carbonyl (C=O) groups is 1. The van der Waals surface area contributed by atoms with Crippen LogP contribution in [0, 0.1) is 0 Å². The van der Waals surface area contributed by atoms with E-state index in [1.165, 1.54) is 14.0 Å². The molecular weight excluding hydrogens is 192 g/mol. The van der Waals surface area contributed by atoms with Crippen LogP contribution >= 0.6 is 0 Å². The highest BCUT2D eigenvalue weighted by atomic mass is 16.7. The van der Waals surface area contributed by atoms with E-state index in [0.717, 1.165) is 5.56 Å². The topological polar surface area (TPSA) is 35.5 Å². The summed E-state index contributed by atoms with van der Waals surface area (Å²) in [6.45, 7) is 3.34. The average molecular weight is 208 g/mol. The Labute approximate surface area is 90.0 Å². The van der Waals surface area contributed by atoms with Gasteiger partial charge < -0.3 is 9.47 Å². The number of ether oxygens (including phenoxy) is 2. The molecule has 0 amide bonds. The number of methoxy groups -OCH3 is 1. The van der Waals surface area contributed by atoms with E-state index >= 15 is 0 Å². The summed E-state index contributed by atoms with van der Waals surface area (Å²) in [5, 5.41) is 0. The molecule has 3 nitrogen and oxygen atoms in total. The van der Waals surface area contributed by atoms with Gasteiger partial charge in [0.25, 0.3) is 0 Å².